The Hall–Kier alpha value is -0.430. The van der Waals surface area contributed by atoms with Crippen LogP contribution in [-0.4, -0.2) is 11.5 Å². The Bertz CT molecular complexity index is 255. The Kier molecular flexibility index (Phi) is 7.41. The van der Waals surface area contributed by atoms with Crippen LogP contribution in [0.25, 0.3) is 0 Å². The summed E-state index contributed by atoms with van der Waals surface area (Å²) in [4.78, 5) is 0. The predicted octanol–water partition coefficient (Wildman–Crippen LogP) is 4.79. The number of rotatable bonds is 8. The first kappa shape index (κ1) is 13.6. The lowest BCUT2D eigenvalue weighted by atomic mass is 10.2. The van der Waals surface area contributed by atoms with Crippen molar-refractivity contribution in [3.05, 3.63) is 35.9 Å². The van der Waals surface area contributed by atoms with E-state index in [-0.39, 0.29) is 10.9 Å². The number of unbranched alkanes of at least 4 members (excludes halogenated alkanes) is 3. The predicted molar refractivity (Wildman–Crippen MR) is 78.7 cm³/mol. The van der Waals surface area contributed by atoms with E-state index in [0.717, 1.165) is 0 Å². The van der Waals surface area contributed by atoms with Crippen LogP contribution in [0, 0.1) is 0 Å². The molecule has 0 spiro atoms. The molecule has 0 bridgehead atoms. The molecule has 0 aliphatic rings. The van der Waals surface area contributed by atoms with E-state index in [2.05, 4.69) is 44.2 Å². The summed E-state index contributed by atoms with van der Waals surface area (Å²) < 4.78 is 0. The monoisotopic (exact) mass is 238 g/mol. The van der Waals surface area contributed by atoms with Crippen molar-refractivity contribution in [2.75, 3.05) is 11.5 Å². The first-order chi connectivity index (χ1) is 7.86. The van der Waals surface area contributed by atoms with Crippen molar-refractivity contribution < 1.29 is 0 Å². The van der Waals surface area contributed by atoms with Gasteiger partial charge in [0.25, 0.3) is 0 Å². The highest BCUT2D eigenvalue weighted by Gasteiger charge is 2.02. The lowest BCUT2D eigenvalue weighted by molar-refractivity contribution is 0.705. The highest BCUT2D eigenvalue weighted by molar-refractivity contribution is 8.16. The Labute approximate surface area is 104 Å². The highest BCUT2D eigenvalue weighted by atomic mass is 32.2. The molecule has 0 aliphatic carbocycles. The van der Waals surface area contributed by atoms with E-state index < -0.39 is 0 Å². The summed E-state index contributed by atoms with van der Waals surface area (Å²) in [6, 6.07) is 11.0. The molecule has 0 heterocycles. The molecular formula is C15H26S. The van der Waals surface area contributed by atoms with Crippen molar-refractivity contribution in [3.8, 4) is 0 Å². The SMILES string of the molecule is CCCCCC[SH](CC)Cc1ccccc1. The Morgan fingerprint density at radius 2 is 1.69 bits per heavy atom. The summed E-state index contributed by atoms with van der Waals surface area (Å²) in [6.45, 7) is 4.64. The van der Waals surface area contributed by atoms with Crippen LogP contribution < -0.4 is 0 Å². The second kappa shape index (κ2) is 8.69. The third-order valence-corrected chi connectivity index (χ3v) is 5.68. The summed E-state index contributed by atoms with van der Waals surface area (Å²) >= 11 is 0. The molecule has 0 nitrogen and oxygen atoms in total. The first-order valence-corrected chi connectivity index (χ1v) is 8.52. The molecule has 1 aromatic rings. The summed E-state index contributed by atoms with van der Waals surface area (Å²) in [5.41, 5.74) is 1.53. The summed E-state index contributed by atoms with van der Waals surface area (Å²) in [7, 11) is 0.249. The minimum Gasteiger partial charge on any atom is -0.250 e. The minimum atomic E-state index is 0.249. The van der Waals surface area contributed by atoms with E-state index in [1.54, 1.807) is 0 Å². The van der Waals surface area contributed by atoms with Gasteiger partial charge in [-0.15, -0.1) is 0 Å². The largest absolute Gasteiger partial charge is 0.250 e. The van der Waals surface area contributed by atoms with Crippen molar-refractivity contribution in [1.29, 1.82) is 0 Å². The van der Waals surface area contributed by atoms with Crippen LogP contribution in [0.5, 0.6) is 0 Å². The molecule has 92 valence electrons. The van der Waals surface area contributed by atoms with Crippen LogP contribution in [0.4, 0.5) is 0 Å². The molecule has 1 atom stereocenters. The number of thiol groups is 1. The highest BCUT2D eigenvalue weighted by Crippen LogP contribution is 2.31. The third kappa shape index (κ3) is 5.60. The van der Waals surface area contributed by atoms with Gasteiger partial charge >= 0.3 is 0 Å². The molecule has 0 N–H and O–H groups in total. The Morgan fingerprint density at radius 1 is 0.938 bits per heavy atom. The van der Waals surface area contributed by atoms with E-state index in [4.69, 9.17) is 0 Å². The van der Waals surface area contributed by atoms with E-state index >= 15 is 0 Å². The molecular weight excluding hydrogens is 212 g/mol. The van der Waals surface area contributed by atoms with Crippen LogP contribution in [0.15, 0.2) is 30.3 Å². The van der Waals surface area contributed by atoms with E-state index in [9.17, 15) is 0 Å². The van der Waals surface area contributed by atoms with Crippen molar-refractivity contribution in [3.63, 3.8) is 0 Å². The zero-order valence-electron chi connectivity index (χ0n) is 10.8. The first-order valence-electron chi connectivity index (χ1n) is 6.63. The standard InChI is InChI=1S/C15H26S/c1-3-5-6-10-13-16(4-2)14-15-11-8-7-9-12-15/h7-9,11-12,16H,3-6,10,13-14H2,1-2H3. The van der Waals surface area contributed by atoms with Gasteiger partial charge in [-0.05, 0) is 23.5 Å². The van der Waals surface area contributed by atoms with Crippen LogP contribution in [0.2, 0.25) is 0 Å². The van der Waals surface area contributed by atoms with Gasteiger partial charge in [-0.1, -0.05) is 63.4 Å². The van der Waals surface area contributed by atoms with E-state index in [1.165, 1.54) is 48.5 Å². The molecule has 1 rings (SSSR count). The van der Waals surface area contributed by atoms with Crippen molar-refractivity contribution in [1.82, 2.24) is 0 Å². The molecule has 0 radical (unpaired) electrons. The number of hydrogen-bond acceptors (Lipinski definition) is 0. The molecule has 0 saturated heterocycles. The quantitative estimate of drug-likeness (QED) is 0.488. The minimum absolute atomic E-state index is 0.249. The maximum atomic E-state index is 2.36. The molecule has 0 aliphatic heterocycles. The van der Waals surface area contributed by atoms with Crippen molar-refractivity contribution in [2.24, 2.45) is 0 Å². The van der Waals surface area contributed by atoms with Gasteiger partial charge in [0.1, 0.15) is 0 Å². The molecule has 0 amide bonds. The molecule has 0 aromatic heterocycles. The maximum Gasteiger partial charge on any atom is 0.0000421 e. The molecule has 1 aromatic carbocycles. The number of hydrogen-bond donors (Lipinski definition) is 1. The Balaban J connectivity index is 2.26. The topological polar surface area (TPSA) is 0 Å². The zero-order chi connectivity index (χ0) is 11.6. The van der Waals surface area contributed by atoms with Crippen LogP contribution in [0.1, 0.15) is 45.1 Å². The Morgan fingerprint density at radius 3 is 2.31 bits per heavy atom. The molecule has 16 heavy (non-hydrogen) atoms. The zero-order valence-corrected chi connectivity index (χ0v) is 11.7. The summed E-state index contributed by atoms with van der Waals surface area (Å²) in [5.74, 6) is 4.19. The normalized spacial score (nSPS) is 13.8. The fourth-order valence-electron chi connectivity index (χ4n) is 1.95. The molecule has 0 fully saturated rings. The third-order valence-electron chi connectivity index (χ3n) is 3.02. The van der Waals surface area contributed by atoms with Crippen molar-refractivity contribution >= 4 is 10.9 Å². The molecule has 1 heteroatoms. The van der Waals surface area contributed by atoms with Gasteiger partial charge in [0, 0.05) is 5.75 Å². The molecule has 0 saturated carbocycles. The van der Waals surface area contributed by atoms with Crippen molar-refractivity contribution in [2.45, 2.75) is 45.3 Å². The van der Waals surface area contributed by atoms with Crippen LogP contribution in [-0.2, 0) is 5.75 Å². The smallest absolute Gasteiger partial charge is 0.0000421 e. The maximum absolute atomic E-state index is 2.36. The summed E-state index contributed by atoms with van der Waals surface area (Å²) in [5, 5.41) is 0. The van der Waals surface area contributed by atoms with Crippen LogP contribution in [0.3, 0.4) is 0 Å². The van der Waals surface area contributed by atoms with Gasteiger partial charge in [0.15, 0.2) is 0 Å². The second-order valence-electron chi connectivity index (χ2n) is 4.42. The van der Waals surface area contributed by atoms with E-state index in [1.807, 2.05) is 0 Å². The fourth-order valence-corrected chi connectivity index (χ4v) is 4.05. The average molecular weight is 238 g/mol. The second-order valence-corrected chi connectivity index (χ2v) is 7.15. The van der Waals surface area contributed by atoms with Crippen LogP contribution >= 0.6 is 10.9 Å². The molecule has 1 unspecified atom stereocenters. The van der Waals surface area contributed by atoms with Gasteiger partial charge in [0.2, 0.25) is 0 Å². The number of benzene rings is 1. The average Bonchev–Trinajstić information content (AvgIpc) is 2.34. The van der Waals surface area contributed by atoms with Gasteiger partial charge in [0.05, 0.1) is 0 Å². The van der Waals surface area contributed by atoms with E-state index in [0.29, 0.717) is 0 Å². The lowest BCUT2D eigenvalue weighted by Gasteiger charge is -2.19. The van der Waals surface area contributed by atoms with Gasteiger partial charge in [-0.25, -0.2) is 10.9 Å². The van der Waals surface area contributed by atoms with Gasteiger partial charge < -0.3 is 0 Å². The van der Waals surface area contributed by atoms with Gasteiger partial charge in [-0.3, -0.25) is 0 Å². The van der Waals surface area contributed by atoms with Gasteiger partial charge in [-0.2, -0.15) is 0 Å². The fraction of sp³-hybridized carbons (Fsp3) is 0.600. The lowest BCUT2D eigenvalue weighted by Crippen LogP contribution is -1.96. The summed E-state index contributed by atoms with van der Waals surface area (Å²) in [6.07, 6.45) is 5.64.